The van der Waals surface area contributed by atoms with Crippen molar-refractivity contribution in [1.82, 2.24) is 0 Å². The van der Waals surface area contributed by atoms with Crippen molar-refractivity contribution in [2.45, 2.75) is 83.3 Å². The van der Waals surface area contributed by atoms with Crippen LogP contribution in [-0.2, 0) is 4.74 Å². The Hall–Kier alpha value is -1.22. The SMILES string of the molecule is Cc1c2c(c3c4c1[C@@H]([C@@H]1OC1(C)C)C[C@H](C)[C@H]4CC[C@H]3C)OCO2. The lowest BCUT2D eigenvalue weighted by molar-refractivity contribution is 0.172. The molecule has 0 radical (unpaired) electrons. The average Bonchev–Trinajstić information content (AvgIpc) is 2.95. The number of rotatable bonds is 1. The number of ether oxygens (including phenoxy) is 3. The molecule has 3 heteroatoms. The fraction of sp³-hybridized carbons (Fsp3) is 0.714. The van der Waals surface area contributed by atoms with E-state index in [4.69, 9.17) is 14.2 Å². The van der Waals surface area contributed by atoms with Gasteiger partial charge in [-0.25, -0.2) is 0 Å². The van der Waals surface area contributed by atoms with Crippen LogP contribution in [-0.4, -0.2) is 18.5 Å². The van der Waals surface area contributed by atoms with Gasteiger partial charge in [-0.15, -0.1) is 0 Å². The molecule has 1 fully saturated rings. The molecule has 0 unspecified atom stereocenters. The van der Waals surface area contributed by atoms with Gasteiger partial charge in [-0.1, -0.05) is 13.8 Å². The van der Waals surface area contributed by atoms with Crippen LogP contribution in [0.25, 0.3) is 0 Å². The Morgan fingerprint density at radius 1 is 0.917 bits per heavy atom. The van der Waals surface area contributed by atoms with E-state index in [9.17, 15) is 0 Å². The Kier molecular flexibility index (Phi) is 2.94. The van der Waals surface area contributed by atoms with Gasteiger partial charge in [-0.2, -0.15) is 0 Å². The maximum atomic E-state index is 6.10. The van der Waals surface area contributed by atoms with Crippen LogP contribution in [0, 0.1) is 12.8 Å². The third-order valence-corrected chi connectivity index (χ3v) is 7.06. The molecule has 2 heterocycles. The maximum Gasteiger partial charge on any atom is 0.231 e. The minimum atomic E-state index is 0.0210. The smallest absolute Gasteiger partial charge is 0.231 e. The summed E-state index contributed by atoms with van der Waals surface area (Å²) in [6.07, 6.45) is 4.15. The van der Waals surface area contributed by atoms with Crippen molar-refractivity contribution in [2.75, 3.05) is 6.79 Å². The summed E-state index contributed by atoms with van der Waals surface area (Å²) in [6, 6.07) is 0. The normalized spacial score (nSPS) is 38.0. The van der Waals surface area contributed by atoms with Crippen LogP contribution in [0.5, 0.6) is 11.5 Å². The molecular formula is C21H28O3. The van der Waals surface area contributed by atoms with Gasteiger partial charge in [0.05, 0.1) is 11.7 Å². The molecule has 0 spiro atoms. The van der Waals surface area contributed by atoms with Crippen LogP contribution >= 0.6 is 0 Å². The molecule has 3 nitrogen and oxygen atoms in total. The Bertz CT molecular complexity index is 721. The van der Waals surface area contributed by atoms with Gasteiger partial charge < -0.3 is 14.2 Å². The van der Waals surface area contributed by atoms with E-state index >= 15 is 0 Å². The highest BCUT2D eigenvalue weighted by atomic mass is 16.7. The fourth-order valence-electron chi connectivity index (χ4n) is 5.82. The highest BCUT2D eigenvalue weighted by Gasteiger charge is 2.56. The molecule has 5 atom stereocenters. The zero-order valence-corrected chi connectivity index (χ0v) is 15.4. The predicted molar refractivity (Wildman–Crippen MR) is 93.2 cm³/mol. The molecule has 130 valence electrons. The molecule has 0 N–H and O–H groups in total. The topological polar surface area (TPSA) is 31.0 Å². The first kappa shape index (κ1) is 15.1. The molecule has 0 amide bonds. The zero-order chi connectivity index (χ0) is 16.8. The van der Waals surface area contributed by atoms with E-state index in [0.717, 1.165) is 11.5 Å². The first-order valence-corrected chi connectivity index (χ1v) is 9.53. The van der Waals surface area contributed by atoms with Crippen molar-refractivity contribution in [3.05, 3.63) is 22.3 Å². The summed E-state index contributed by atoms with van der Waals surface area (Å²) >= 11 is 0. The Morgan fingerprint density at radius 3 is 2.33 bits per heavy atom. The second-order valence-electron chi connectivity index (χ2n) is 8.98. The van der Waals surface area contributed by atoms with Gasteiger partial charge in [0.1, 0.15) is 0 Å². The lowest BCUT2D eigenvalue weighted by Gasteiger charge is -2.43. The lowest BCUT2D eigenvalue weighted by Crippen LogP contribution is -2.31. The molecule has 0 aromatic heterocycles. The minimum Gasteiger partial charge on any atom is -0.453 e. The summed E-state index contributed by atoms with van der Waals surface area (Å²) in [4.78, 5) is 0. The fourth-order valence-corrected chi connectivity index (χ4v) is 5.82. The van der Waals surface area contributed by atoms with Crippen LogP contribution in [0.4, 0.5) is 0 Å². The first-order chi connectivity index (χ1) is 11.4. The number of benzene rings is 1. The molecule has 2 aliphatic carbocycles. The monoisotopic (exact) mass is 328 g/mol. The Balaban J connectivity index is 1.77. The summed E-state index contributed by atoms with van der Waals surface area (Å²) in [5.41, 5.74) is 5.93. The number of fused-ring (bicyclic) bond motifs is 2. The lowest BCUT2D eigenvalue weighted by atomic mass is 9.61. The van der Waals surface area contributed by atoms with E-state index in [2.05, 4.69) is 34.6 Å². The third-order valence-electron chi connectivity index (χ3n) is 7.06. The van der Waals surface area contributed by atoms with Crippen molar-refractivity contribution in [3.63, 3.8) is 0 Å². The van der Waals surface area contributed by atoms with E-state index in [-0.39, 0.29) is 5.60 Å². The van der Waals surface area contributed by atoms with Gasteiger partial charge in [-0.3, -0.25) is 0 Å². The minimum absolute atomic E-state index is 0.0210. The van der Waals surface area contributed by atoms with E-state index in [0.29, 0.717) is 36.6 Å². The van der Waals surface area contributed by atoms with Gasteiger partial charge in [-0.05, 0) is 74.5 Å². The molecule has 2 aliphatic heterocycles. The number of hydrogen-bond acceptors (Lipinski definition) is 3. The second kappa shape index (κ2) is 4.69. The third kappa shape index (κ3) is 1.82. The van der Waals surface area contributed by atoms with Crippen molar-refractivity contribution in [1.29, 1.82) is 0 Å². The molecule has 24 heavy (non-hydrogen) atoms. The Morgan fingerprint density at radius 2 is 1.62 bits per heavy atom. The number of hydrogen-bond donors (Lipinski definition) is 0. The van der Waals surface area contributed by atoms with Gasteiger partial charge in [0.2, 0.25) is 6.79 Å². The molecular weight excluding hydrogens is 300 g/mol. The largest absolute Gasteiger partial charge is 0.453 e. The van der Waals surface area contributed by atoms with Crippen molar-refractivity contribution in [3.8, 4) is 11.5 Å². The van der Waals surface area contributed by atoms with Crippen molar-refractivity contribution in [2.24, 2.45) is 5.92 Å². The predicted octanol–water partition coefficient (Wildman–Crippen LogP) is 5.01. The van der Waals surface area contributed by atoms with Crippen LogP contribution in [0.1, 0.15) is 87.0 Å². The van der Waals surface area contributed by atoms with Gasteiger partial charge in [0, 0.05) is 11.5 Å². The van der Waals surface area contributed by atoms with E-state index in [1.54, 1.807) is 11.1 Å². The van der Waals surface area contributed by atoms with Crippen LogP contribution in [0.3, 0.4) is 0 Å². The van der Waals surface area contributed by atoms with Gasteiger partial charge in [0.15, 0.2) is 11.5 Å². The zero-order valence-electron chi connectivity index (χ0n) is 15.4. The van der Waals surface area contributed by atoms with Crippen LogP contribution in [0.2, 0.25) is 0 Å². The first-order valence-electron chi connectivity index (χ1n) is 9.53. The van der Waals surface area contributed by atoms with E-state index in [1.807, 2.05) is 0 Å². The molecule has 0 bridgehead atoms. The Labute approximate surface area is 144 Å². The van der Waals surface area contributed by atoms with E-state index < -0.39 is 0 Å². The molecule has 1 aromatic carbocycles. The highest BCUT2D eigenvalue weighted by Crippen LogP contribution is 2.61. The summed E-state index contributed by atoms with van der Waals surface area (Å²) in [7, 11) is 0. The average molecular weight is 328 g/mol. The highest BCUT2D eigenvalue weighted by molar-refractivity contribution is 5.65. The van der Waals surface area contributed by atoms with Crippen molar-refractivity contribution < 1.29 is 14.2 Å². The molecule has 1 saturated heterocycles. The van der Waals surface area contributed by atoms with Crippen LogP contribution in [0.15, 0.2) is 0 Å². The second-order valence-corrected chi connectivity index (χ2v) is 8.98. The summed E-state index contributed by atoms with van der Waals surface area (Å²) in [6.45, 7) is 11.9. The molecule has 4 aliphatic rings. The molecule has 0 saturated carbocycles. The van der Waals surface area contributed by atoms with Gasteiger partial charge >= 0.3 is 0 Å². The van der Waals surface area contributed by atoms with Gasteiger partial charge in [0.25, 0.3) is 0 Å². The van der Waals surface area contributed by atoms with Crippen LogP contribution < -0.4 is 9.47 Å². The maximum absolute atomic E-state index is 6.10. The number of epoxide rings is 1. The molecule has 1 aromatic rings. The quantitative estimate of drug-likeness (QED) is 0.679. The summed E-state index contributed by atoms with van der Waals surface area (Å²) in [5, 5.41) is 0. The molecule has 5 rings (SSSR count). The van der Waals surface area contributed by atoms with E-state index in [1.165, 1.54) is 30.4 Å². The summed E-state index contributed by atoms with van der Waals surface area (Å²) in [5.74, 6) is 4.51. The van der Waals surface area contributed by atoms with Crippen molar-refractivity contribution >= 4 is 0 Å². The standard InChI is InChI=1S/C21H28O3/c1-10-6-7-13-11(2)8-14(20-21(4,5)24-20)16-12(3)18-19(23-9-22-18)15(10)17(13)16/h10-11,13-14,20H,6-9H2,1-5H3/t10-,11+,13-,14+,20+/m1/s1. The summed E-state index contributed by atoms with van der Waals surface area (Å²) < 4.78 is 18.0.